The monoisotopic (exact) mass is 268 g/mol. The summed E-state index contributed by atoms with van der Waals surface area (Å²) in [5.41, 5.74) is 0.769. The Labute approximate surface area is 121 Å². The second-order valence-corrected chi connectivity index (χ2v) is 7.22. The fourth-order valence-corrected chi connectivity index (χ4v) is 3.88. The summed E-state index contributed by atoms with van der Waals surface area (Å²) in [6.45, 7) is 6.82. The molecule has 2 atom stereocenters. The third kappa shape index (κ3) is 2.14. The molecule has 0 amide bonds. The van der Waals surface area contributed by atoms with Crippen LogP contribution in [0, 0.1) is 11.3 Å². The molecule has 0 spiro atoms. The third-order valence-corrected chi connectivity index (χ3v) is 5.11. The average molecular weight is 268 g/mol. The smallest absolute Gasteiger partial charge is 0.0928 e. The molecule has 2 unspecified atom stereocenters. The Morgan fingerprint density at radius 1 is 1.00 bits per heavy atom. The summed E-state index contributed by atoms with van der Waals surface area (Å²) in [7, 11) is 0. The van der Waals surface area contributed by atoms with Crippen molar-refractivity contribution in [2.75, 3.05) is 0 Å². The maximum atomic E-state index is 11.3. The SMILES string of the molecule is CC1CC(C)(C)CCC1(O)c1cccc2ccccc12. The van der Waals surface area contributed by atoms with Crippen molar-refractivity contribution in [1.29, 1.82) is 0 Å². The lowest BCUT2D eigenvalue weighted by Gasteiger charge is -2.46. The molecule has 0 bridgehead atoms. The van der Waals surface area contributed by atoms with Gasteiger partial charge in [-0.2, -0.15) is 0 Å². The van der Waals surface area contributed by atoms with Crippen LogP contribution in [0.5, 0.6) is 0 Å². The van der Waals surface area contributed by atoms with Gasteiger partial charge in [0, 0.05) is 0 Å². The van der Waals surface area contributed by atoms with Crippen molar-refractivity contribution in [1.82, 2.24) is 0 Å². The van der Waals surface area contributed by atoms with Gasteiger partial charge in [0.05, 0.1) is 5.60 Å². The van der Waals surface area contributed by atoms with Gasteiger partial charge in [0.25, 0.3) is 0 Å². The van der Waals surface area contributed by atoms with E-state index < -0.39 is 5.60 Å². The molecular weight excluding hydrogens is 244 g/mol. The number of fused-ring (bicyclic) bond motifs is 1. The van der Waals surface area contributed by atoms with Crippen LogP contribution in [0.4, 0.5) is 0 Å². The minimum atomic E-state index is -0.684. The minimum absolute atomic E-state index is 0.289. The molecule has 1 saturated carbocycles. The van der Waals surface area contributed by atoms with Crippen LogP contribution in [0.3, 0.4) is 0 Å². The van der Waals surface area contributed by atoms with Gasteiger partial charge in [0.2, 0.25) is 0 Å². The predicted octanol–water partition coefficient (Wildman–Crippen LogP) is 4.87. The molecule has 0 radical (unpaired) electrons. The highest BCUT2D eigenvalue weighted by Crippen LogP contribution is 2.49. The minimum Gasteiger partial charge on any atom is -0.385 e. The van der Waals surface area contributed by atoms with Crippen LogP contribution >= 0.6 is 0 Å². The maximum absolute atomic E-state index is 11.3. The highest BCUT2D eigenvalue weighted by molar-refractivity contribution is 5.86. The van der Waals surface area contributed by atoms with Crippen LogP contribution in [-0.4, -0.2) is 5.11 Å². The molecule has 0 aliphatic heterocycles. The van der Waals surface area contributed by atoms with E-state index in [4.69, 9.17) is 0 Å². The van der Waals surface area contributed by atoms with Gasteiger partial charge in [-0.1, -0.05) is 63.2 Å². The zero-order valence-electron chi connectivity index (χ0n) is 12.7. The molecule has 0 saturated heterocycles. The lowest BCUT2D eigenvalue weighted by atomic mass is 9.63. The summed E-state index contributed by atoms with van der Waals surface area (Å²) in [5, 5.41) is 13.8. The summed E-state index contributed by atoms with van der Waals surface area (Å²) in [5.74, 6) is 0.289. The van der Waals surface area contributed by atoms with E-state index in [2.05, 4.69) is 63.2 Å². The van der Waals surface area contributed by atoms with Gasteiger partial charge in [-0.15, -0.1) is 0 Å². The number of hydrogen-bond donors (Lipinski definition) is 1. The van der Waals surface area contributed by atoms with Crippen molar-refractivity contribution in [2.24, 2.45) is 11.3 Å². The molecule has 1 aliphatic carbocycles. The largest absolute Gasteiger partial charge is 0.385 e. The van der Waals surface area contributed by atoms with E-state index in [1.165, 1.54) is 10.8 Å². The van der Waals surface area contributed by atoms with Gasteiger partial charge in [-0.05, 0) is 46.9 Å². The van der Waals surface area contributed by atoms with Crippen molar-refractivity contribution >= 4 is 10.8 Å². The van der Waals surface area contributed by atoms with Crippen molar-refractivity contribution in [2.45, 2.75) is 45.6 Å². The molecule has 0 heterocycles. The topological polar surface area (TPSA) is 20.2 Å². The van der Waals surface area contributed by atoms with E-state index in [1.54, 1.807) is 0 Å². The third-order valence-electron chi connectivity index (χ3n) is 5.11. The van der Waals surface area contributed by atoms with Gasteiger partial charge in [0.1, 0.15) is 0 Å². The molecule has 106 valence electrons. The van der Waals surface area contributed by atoms with Gasteiger partial charge in [0.15, 0.2) is 0 Å². The molecule has 0 aromatic heterocycles. The van der Waals surface area contributed by atoms with E-state index in [0.717, 1.165) is 24.8 Å². The van der Waals surface area contributed by atoms with Crippen LogP contribution in [-0.2, 0) is 5.60 Å². The van der Waals surface area contributed by atoms with E-state index >= 15 is 0 Å². The van der Waals surface area contributed by atoms with Crippen LogP contribution < -0.4 is 0 Å². The fourth-order valence-electron chi connectivity index (χ4n) is 3.88. The second kappa shape index (κ2) is 4.60. The molecule has 20 heavy (non-hydrogen) atoms. The van der Waals surface area contributed by atoms with Gasteiger partial charge < -0.3 is 5.11 Å². The van der Waals surface area contributed by atoms with Crippen LogP contribution in [0.1, 0.15) is 45.6 Å². The zero-order valence-corrected chi connectivity index (χ0v) is 12.7. The first-order valence-electron chi connectivity index (χ1n) is 7.63. The van der Waals surface area contributed by atoms with Crippen molar-refractivity contribution in [3.8, 4) is 0 Å². The van der Waals surface area contributed by atoms with Crippen molar-refractivity contribution < 1.29 is 5.11 Å². The fraction of sp³-hybridized carbons (Fsp3) is 0.474. The number of benzene rings is 2. The Morgan fingerprint density at radius 3 is 2.45 bits per heavy atom. The molecule has 2 aromatic carbocycles. The van der Waals surface area contributed by atoms with E-state index in [-0.39, 0.29) is 5.92 Å². The molecule has 2 aromatic rings. The summed E-state index contributed by atoms with van der Waals surface area (Å²) in [6, 6.07) is 14.7. The first-order chi connectivity index (χ1) is 9.42. The predicted molar refractivity (Wildman–Crippen MR) is 84.6 cm³/mol. The summed E-state index contributed by atoms with van der Waals surface area (Å²) in [6.07, 6.45) is 3.01. The summed E-state index contributed by atoms with van der Waals surface area (Å²) in [4.78, 5) is 0. The maximum Gasteiger partial charge on any atom is 0.0928 e. The standard InChI is InChI=1S/C19H24O/c1-14-13-18(2,3)11-12-19(14,20)17-10-6-8-15-7-4-5-9-16(15)17/h4-10,14,20H,11-13H2,1-3H3. The number of aliphatic hydroxyl groups is 1. The first kappa shape index (κ1) is 13.6. The van der Waals surface area contributed by atoms with E-state index in [1.807, 2.05) is 0 Å². The first-order valence-corrected chi connectivity index (χ1v) is 7.63. The Balaban J connectivity index is 2.10. The number of rotatable bonds is 1. The quantitative estimate of drug-likeness (QED) is 0.782. The molecule has 1 fully saturated rings. The molecular formula is C19H24O. The van der Waals surface area contributed by atoms with E-state index in [9.17, 15) is 5.11 Å². The van der Waals surface area contributed by atoms with Gasteiger partial charge >= 0.3 is 0 Å². The van der Waals surface area contributed by atoms with Gasteiger partial charge in [-0.25, -0.2) is 0 Å². The van der Waals surface area contributed by atoms with E-state index in [0.29, 0.717) is 5.41 Å². The van der Waals surface area contributed by atoms with Crippen LogP contribution in [0.2, 0.25) is 0 Å². The molecule has 1 N–H and O–H groups in total. The zero-order chi connectivity index (χ0) is 14.4. The highest BCUT2D eigenvalue weighted by atomic mass is 16.3. The molecule has 3 rings (SSSR count). The molecule has 1 nitrogen and oxygen atoms in total. The summed E-state index contributed by atoms with van der Waals surface area (Å²) < 4.78 is 0. The van der Waals surface area contributed by atoms with Crippen molar-refractivity contribution in [3.05, 3.63) is 48.0 Å². The second-order valence-electron chi connectivity index (χ2n) is 7.22. The summed E-state index contributed by atoms with van der Waals surface area (Å²) >= 11 is 0. The Hall–Kier alpha value is -1.34. The highest BCUT2D eigenvalue weighted by Gasteiger charge is 2.44. The van der Waals surface area contributed by atoms with Gasteiger partial charge in [-0.3, -0.25) is 0 Å². The Kier molecular flexibility index (Phi) is 3.13. The number of hydrogen-bond acceptors (Lipinski definition) is 1. The Morgan fingerprint density at radius 2 is 1.70 bits per heavy atom. The van der Waals surface area contributed by atoms with Crippen molar-refractivity contribution in [3.63, 3.8) is 0 Å². The lowest BCUT2D eigenvalue weighted by Crippen LogP contribution is -2.41. The van der Waals surface area contributed by atoms with Crippen LogP contribution in [0.25, 0.3) is 10.8 Å². The lowest BCUT2D eigenvalue weighted by molar-refractivity contribution is -0.0758. The van der Waals surface area contributed by atoms with Crippen LogP contribution in [0.15, 0.2) is 42.5 Å². The molecule has 1 heteroatoms. The Bertz CT molecular complexity index is 623. The normalized spacial score (nSPS) is 29.5. The average Bonchev–Trinajstić information content (AvgIpc) is 2.42. The molecule has 1 aliphatic rings.